The van der Waals surface area contributed by atoms with Crippen molar-refractivity contribution in [2.24, 2.45) is 0 Å². The number of hydrogen-bond donors (Lipinski definition) is 2. The number of amides is 1. The second-order valence-electron chi connectivity index (χ2n) is 9.08. The topological polar surface area (TPSA) is 117 Å². The van der Waals surface area contributed by atoms with E-state index in [1.807, 2.05) is 37.3 Å². The van der Waals surface area contributed by atoms with E-state index in [2.05, 4.69) is 15.3 Å². The van der Waals surface area contributed by atoms with Crippen molar-refractivity contribution in [2.75, 3.05) is 18.0 Å². The maximum absolute atomic E-state index is 13.0. The summed E-state index contributed by atoms with van der Waals surface area (Å²) in [7, 11) is 0. The Morgan fingerprint density at radius 1 is 1.03 bits per heavy atom. The van der Waals surface area contributed by atoms with E-state index >= 15 is 0 Å². The third-order valence-corrected chi connectivity index (χ3v) is 6.65. The molecule has 2 aromatic heterocycles. The molecule has 1 aliphatic heterocycles. The first-order valence-electron chi connectivity index (χ1n) is 12.2. The van der Waals surface area contributed by atoms with Crippen molar-refractivity contribution in [3.8, 4) is 5.69 Å². The van der Waals surface area contributed by atoms with Crippen molar-refractivity contribution in [2.45, 2.75) is 32.2 Å². The number of rotatable bonds is 7. The number of nitrogens with one attached hydrogen (secondary N) is 1. The molecular formula is C28H27N5O4. The third-order valence-electron chi connectivity index (χ3n) is 6.65. The number of aryl methyl sites for hydroxylation is 1. The van der Waals surface area contributed by atoms with Crippen LogP contribution in [0.1, 0.15) is 34.5 Å². The van der Waals surface area contributed by atoms with Crippen LogP contribution in [0.2, 0.25) is 0 Å². The Bertz CT molecular complexity index is 1520. The lowest BCUT2D eigenvalue weighted by Crippen LogP contribution is -2.37. The fraction of sp³-hybridized carbons (Fsp3) is 0.250. The minimum atomic E-state index is -0.915. The zero-order valence-electron chi connectivity index (χ0n) is 20.4. The van der Waals surface area contributed by atoms with E-state index in [1.165, 1.54) is 10.6 Å². The fourth-order valence-electron chi connectivity index (χ4n) is 4.72. The molecule has 5 rings (SSSR count). The number of nitrogens with zero attached hydrogens (tertiary/aromatic N) is 4. The number of hydrogen-bond acceptors (Lipinski definition) is 6. The standard InChI is InChI=1S/C28H27N5O4/c1-18-22-13-14-24(34)33(25(22)31-28(30-18)32-17-5-8-23(32)27(36)37)21-11-9-20(10-12-21)26(35)29-16-15-19-6-3-2-4-7-19/h2-4,6-7,9-14,23H,5,8,15-17H2,1H3,(H,29,35)(H,36,37)/t23-/m0/s1. The summed E-state index contributed by atoms with van der Waals surface area (Å²) in [5, 5.41) is 13.2. The van der Waals surface area contributed by atoms with E-state index in [0.717, 1.165) is 18.4 Å². The van der Waals surface area contributed by atoms with Crippen LogP contribution in [0, 0.1) is 6.92 Å². The predicted octanol–water partition coefficient (Wildman–Crippen LogP) is 3.12. The number of aromatic nitrogens is 3. The van der Waals surface area contributed by atoms with Crippen LogP contribution in [0.25, 0.3) is 16.7 Å². The molecule has 37 heavy (non-hydrogen) atoms. The smallest absolute Gasteiger partial charge is 0.326 e. The lowest BCUT2D eigenvalue weighted by molar-refractivity contribution is -0.138. The second kappa shape index (κ2) is 10.2. The van der Waals surface area contributed by atoms with Crippen LogP contribution in [-0.2, 0) is 11.2 Å². The summed E-state index contributed by atoms with van der Waals surface area (Å²) >= 11 is 0. The Hall–Kier alpha value is -4.53. The number of aliphatic carboxylic acids is 1. The average molecular weight is 498 g/mol. The van der Waals surface area contributed by atoms with Gasteiger partial charge in [0.2, 0.25) is 5.95 Å². The fourth-order valence-corrected chi connectivity index (χ4v) is 4.72. The molecule has 4 aromatic rings. The molecular weight excluding hydrogens is 470 g/mol. The molecule has 9 nitrogen and oxygen atoms in total. The summed E-state index contributed by atoms with van der Waals surface area (Å²) in [6.07, 6.45) is 1.98. The summed E-state index contributed by atoms with van der Waals surface area (Å²) in [5.74, 6) is -0.812. The van der Waals surface area contributed by atoms with E-state index in [0.29, 0.717) is 53.4 Å². The number of pyridine rings is 1. The van der Waals surface area contributed by atoms with Gasteiger partial charge in [0.15, 0.2) is 5.65 Å². The summed E-state index contributed by atoms with van der Waals surface area (Å²) in [6, 6.07) is 19.1. The number of anilines is 1. The highest BCUT2D eigenvalue weighted by molar-refractivity contribution is 5.94. The van der Waals surface area contributed by atoms with Gasteiger partial charge in [-0.15, -0.1) is 0 Å². The highest BCUT2D eigenvalue weighted by Crippen LogP contribution is 2.26. The van der Waals surface area contributed by atoms with Crippen molar-refractivity contribution < 1.29 is 14.7 Å². The maximum atomic E-state index is 13.0. The van der Waals surface area contributed by atoms with E-state index < -0.39 is 12.0 Å². The van der Waals surface area contributed by atoms with Gasteiger partial charge in [0.05, 0.1) is 11.4 Å². The van der Waals surface area contributed by atoms with E-state index in [4.69, 9.17) is 0 Å². The summed E-state index contributed by atoms with van der Waals surface area (Å²) in [4.78, 5) is 48.2. The van der Waals surface area contributed by atoms with Crippen LogP contribution in [-0.4, -0.2) is 50.6 Å². The summed E-state index contributed by atoms with van der Waals surface area (Å²) in [5.41, 5.74) is 2.95. The molecule has 1 atom stereocenters. The number of fused-ring (bicyclic) bond motifs is 1. The summed E-state index contributed by atoms with van der Waals surface area (Å²) < 4.78 is 1.47. The molecule has 0 spiro atoms. The second-order valence-corrected chi connectivity index (χ2v) is 9.08. The molecule has 1 aliphatic rings. The Balaban J connectivity index is 1.43. The number of carboxylic acids is 1. The molecule has 0 aliphatic carbocycles. The lowest BCUT2D eigenvalue weighted by atomic mass is 10.1. The molecule has 0 saturated carbocycles. The van der Waals surface area contributed by atoms with E-state index in [9.17, 15) is 19.5 Å². The first kappa shape index (κ1) is 24.2. The van der Waals surface area contributed by atoms with Gasteiger partial charge in [-0.05, 0) is 62.1 Å². The third kappa shape index (κ3) is 4.93. The van der Waals surface area contributed by atoms with Gasteiger partial charge in [-0.3, -0.25) is 14.2 Å². The average Bonchev–Trinajstić information content (AvgIpc) is 3.40. The molecule has 0 radical (unpaired) electrons. The number of carbonyl (C=O) groups is 2. The molecule has 2 N–H and O–H groups in total. The van der Waals surface area contributed by atoms with Gasteiger partial charge in [0.25, 0.3) is 11.5 Å². The van der Waals surface area contributed by atoms with Gasteiger partial charge >= 0.3 is 5.97 Å². The Kier molecular flexibility index (Phi) is 6.68. The van der Waals surface area contributed by atoms with E-state index in [1.54, 1.807) is 35.2 Å². The van der Waals surface area contributed by atoms with Crippen LogP contribution >= 0.6 is 0 Å². The Morgan fingerprint density at radius 2 is 1.78 bits per heavy atom. The van der Waals surface area contributed by atoms with Gasteiger partial charge in [-0.25, -0.2) is 9.78 Å². The van der Waals surface area contributed by atoms with Crippen molar-refractivity contribution in [1.29, 1.82) is 0 Å². The molecule has 1 amide bonds. The van der Waals surface area contributed by atoms with Crippen LogP contribution in [0.15, 0.2) is 71.5 Å². The van der Waals surface area contributed by atoms with Crippen LogP contribution < -0.4 is 15.8 Å². The minimum absolute atomic E-state index is 0.193. The zero-order chi connectivity index (χ0) is 25.9. The van der Waals surface area contributed by atoms with Crippen molar-refractivity contribution in [3.63, 3.8) is 0 Å². The van der Waals surface area contributed by atoms with Gasteiger partial charge in [-0.2, -0.15) is 4.98 Å². The number of carbonyl (C=O) groups excluding carboxylic acids is 1. The molecule has 188 valence electrons. The van der Waals surface area contributed by atoms with Crippen molar-refractivity contribution >= 4 is 28.9 Å². The van der Waals surface area contributed by atoms with E-state index in [-0.39, 0.29) is 11.5 Å². The first-order valence-corrected chi connectivity index (χ1v) is 12.2. The molecule has 1 saturated heterocycles. The molecule has 2 aromatic carbocycles. The highest BCUT2D eigenvalue weighted by atomic mass is 16.4. The highest BCUT2D eigenvalue weighted by Gasteiger charge is 2.32. The lowest BCUT2D eigenvalue weighted by Gasteiger charge is -2.22. The summed E-state index contributed by atoms with van der Waals surface area (Å²) in [6.45, 7) is 2.87. The Labute approximate surface area is 213 Å². The molecule has 9 heteroatoms. The minimum Gasteiger partial charge on any atom is -0.480 e. The monoisotopic (exact) mass is 497 g/mol. The van der Waals surface area contributed by atoms with Gasteiger partial charge in [0, 0.05) is 30.1 Å². The molecule has 0 bridgehead atoms. The maximum Gasteiger partial charge on any atom is 0.326 e. The van der Waals surface area contributed by atoms with Gasteiger partial charge < -0.3 is 15.3 Å². The van der Waals surface area contributed by atoms with Crippen LogP contribution in [0.5, 0.6) is 0 Å². The van der Waals surface area contributed by atoms with Crippen LogP contribution in [0.4, 0.5) is 5.95 Å². The first-order chi connectivity index (χ1) is 17.9. The normalized spacial score (nSPS) is 15.2. The predicted molar refractivity (Wildman–Crippen MR) is 140 cm³/mol. The zero-order valence-corrected chi connectivity index (χ0v) is 20.4. The quantitative estimate of drug-likeness (QED) is 0.403. The number of carboxylic acid groups (broad SMARTS) is 1. The van der Waals surface area contributed by atoms with Crippen LogP contribution in [0.3, 0.4) is 0 Å². The largest absolute Gasteiger partial charge is 0.480 e. The van der Waals surface area contributed by atoms with Gasteiger partial charge in [0.1, 0.15) is 6.04 Å². The SMILES string of the molecule is Cc1nc(N2CCC[C@H]2C(=O)O)nc2c1ccc(=O)n2-c1ccc(C(=O)NCCc2ccccc2)cc1. The molecule has 0 unspecified atom stereocenters. The van der Waals surface area contributed by atoms with Crippen molar-refractivity contribution in [3.05, 3.63) is 93.9 Å². The molecule has 1 fully saturated rings. The number of benzene rings is 2. The molecule has 3 heterocycles. The van der Waals surface area contributed by atoms with Crippen molar-refractivity contribution in [1.82, 2.24) is 19.9 Å². The van der Waals surface area contributed by atoms with Gasteiger partial charge in [-0.1, -0.05) is 30.3 Å². The Morgan fingerprint density at radius 3 is 2.51 bits per heavy atom.